The number of β-amino-alcohol motifs (C(OH)–C–C–N with tert-alkyl or cyclic N) is 1. The lowest BCUT2D eigenvalue weighted by atomic mass is 10.2. The zero-order valence-corrected chi connectivity index (χ0v) is 16.0. The first kappa shape index (κ1) is 19.1. The Morgan fingerprint density at radius 2 is 2.17 bits per heavy atom. The van der Waals surface area contributed by atoms with Gasteiger partial charge in [0.2, 0.25) is 5.91 Å². The van der Waals surface area contributed by atoms with Crippen molar-refractivity contribution in [3.8, 4) is 0 Å². The normalized spacial score (nSPS) is 18.9. The lowest BCUT2D eigenvalue weighted by Gasteiger charge is -2.25. The number of rotatable bonds is 6. The molecule has 1 fully saturated rings. The molecule has 29 heavy (non-hydrogen) atoms. The van der Waals surface area contributed by atoms with Crippen molar-refractivity contribution < 1.29 is 14.3 Å². The van der Waals surface area contributed by atoms with Crippen LogP contribution in [0.1, 0.15) is 6.42 Å². The molecule has 0 radical (unpaired) electrons. The number of fused-ring (bicyclic) bond motifs is 1. The molecule has 8 nitrogen and oxygen atoms in total. The smallest absolute Gasteiger partial charge is 0.240 e. The van der Waals surface area contributed by atoms with Gasteiger partial charge in [-0.3, -0.25) is 4.79 Å². The third-order valence-electron chi connectivity index (χ3n) is 5.18. The van der Waals surface area contributed by atoms with E-state index < -0.39 is 6.10 Å². The van der Waals surface area contributed by atoms with E-state index in [4.69, 9.17) is 0 Å². The summed E-state index contributed by atoms with van der Waals surface area (Å²) in [5.74, 6) is 0.879. The van der Waals surface area contributed by atoms with E-state index in [1.54, 1.807) is 23.9 Å². The minimum atomic E-state index is -0.485. The van der Waals surface area contributed by atoms with Crippen molar-refractivity contribution in [2.45, 2.75) is 25.1 Å². The van der Waals surface area contributed by atoms with Crippen LogP contribution in [0.15, 0.2) is 42.9 Å². The second-order valence-corrected chi connectivity index (χ2v) is 7.16. The molecule has 0 bridgehead atoms. The lowest BCUT2D eigenvalue weighted by molar-refractivity contribution is -0.121. The van der Waals surface area contributed by atoms with Gasteiger partial charge in [0, 0.05) is 32.4 Å². The summed E-state index contributed by atoms with van der Waals surface area (Å²) in [5.41, 5.74) is 0.679. The van der Waals surface area contributed by atoms with Crippen LogP contribution < -0.4 is 15.5 Å². The fourth-order valence-electron chi connectivity index (χ4n) is 3.74. The molecule has 0 unspecified atom stereocenters. The van der Waals surface area contributed by atoms with Gasteiger partial charge >= 0.3 is 0 Å². The van der Waals surface area contributed by atoms with Crippen LogP contribution in [-0.4, -0.2) is 57.8 Å². The van der Waals surface area contributed by atoms with Gasteiger partial charge in [0.1, 0.15) is 30.3 Å². The van der Waals surface area contributed by atoms with Gasteiger partial charge in [-0.05, 0) is 36.1 Å². The predicted octanol–water partition coefficient (Wildman–Crippen LogP) is 1.37. The van der Waals surface area contributed by atoms with Crippen molar-refractivity contribution in [2.24, 2.45) is 0 Å². The van der Waals surface area contributed by atoms with Crippen LogP contribution in [0.3, 0.4) is 0 Å². The summed E-state index contributed by atoms with van der Waals surface area (Å²) < 4.78 is 15.2. The van der Waals surface area contributed by atoms with E-state index in [2.05, 4.69) is 20.6 Å². The van der Waals surface area contributed by atoms with Gasteiger partial charge in [-0.1, -0.05) is 0 Å². The molecule has 3 heterocycles. The van der Waals surface area contributed by atoms with Gasteiger partial charge in [-0.25, -0.2) is 14.4 Å². The van der Waals surface area contributed by atoms with E-state index in [-0.39, 0.29) is 24.3 Å². The van der Waals surface area contributed by atoms with E-state index in [0.29, 0.717) is 36.7 Å². The second kappa shape index (κ2) is 8.04. The van der Waals surface area contributed by atoms with Gasteiger partial charge < -0.3 is 25.2 Å². The molecular formula is C20H23FN6O2. The highest BCUT2D eigenvalue weighted by atomic mass is 19.1. The maximum atomic E-state index is 13.5. The summed E-state index contributed by atoms with van der Waals surface area (Å²) in [6.07, 6.45) is 3.30. The number of amides is 1. The highest BCUT2D eigenvalue weighted by Gasteiger charge is 2.32. The van der Waals surface area contributed by atoms with Crippen LogP contribution in [0.25, 0.3) is 10.9 Å². The quantitative estimate of drug-likeness (QED) is 0.581. The number of aliphatic hydroxyl groups is 1. The van der Waals surface area contributed by atoms with Gasteiger partial charge in [0.25, 0.3) is 0 Å². The fraction of sp³-hybridized carbons (Fsp3) is 0.350. The highest BCUT2D eigenvalue weighted by molar-refractivity contribution is 5.83. The van der Waals surface area contributed by atoms with Gasteiger partial charge in [0.05, 0.1) is 17.7 Å². The van der Waals surface area contributed by atoms with Crippen LogP contribution in [0.5, 0.6) is 0 Å². The largest absolute Gasteiger partial charge is 0.391 e. The molecule has 3 aromatic rings. The molecule has 3 N–H and O–H groups in total. The first-order valence-electron chi connectivity index (χ1n) is 9.49. The number of carbonyl (C=O) groups excluding carboxylic acids is 1. The second-order valence-electron chi connectivity index (χ2n) is 7.16. The number of aliphatic hydroxyl groups excluding tert-OH is 1. The van der Waals surface area contributed by atoms with Gasteiger partial charge in [-0.2, -0.15) is 0 Å². The fourth-order valence-corrected chi connectivity index (χ4v) is 3.74. The van der Waals surface area contributed by atoms with Crippen molar-refractivity contribution in [1.29, 1.82) is 0 Å². The van der Waals surface area contributed by atoms with Crippen molar-refractivity contribution in [3.05, 3.63) is 48.7 Å². The summed E-state index contributed by atoms with van der Waals surface area (Å²) in [6, 6.07) is 8.11. The predicted molar refractivity (Wildman–Crippen MR) is 108 cm³/mol. The molecule has 152 valence electrons. The highest BCUT2D eigenvalue weighted by Crippen LogP contribution is 2.25. The van der Waals surface area contributed by atoms with E-state index in [1.807, 2.05) is 17.0 Å². The number of halogens is 1. The average molecular weight is 398 g/mol. The topological polar surface area (TPSA) is 95.3 Å². The van der Waals surface area contributed by atoms with E-state index >= 15 is 0 Å². The first-order valence-corrected chi connectivity index (χ1v) is 9.49. The van der Waals surface area contributed by atoms with Crippen molar-refractivity contribution in [2.75, 3.05) is 30.4 Å². The van der Waals surface area contributed by atoms with E-state index in [9.17, 15) is 14.3 Å². The summed E-state index contributed by atoms with van der Waals surface area (Å²) in [7, 11) is 1.78. The van der Waals surface area contributed by atoms with Crippen molar-refractivity contribution >= 4 is 28.4 Å². The minimum Gasteiger partial charge on any atom is -0.391 e. The summed E-state index contributed by atoms with van der Waals surface area (Å²) in [4.78, 5) is 22.9. The van der Waals surface area contributed by atoms with Crippen LogP contribution in [0, 0.1) is 5.82 Å². The Morgan fingerprint density at radius 1 is 1.31 bits per heavy atom. The van der Waals surface area contributed by atoms with Crippen LogP contribution >= 0.6 is 0 Å². The van der Waals surface area contributed by atoms with Crippen LogP contribution in [0.2, 0.25) is 0 Å². The molecule has 1 aliphatic rings. The molecule has 0 spiro atoms. The molecule has 1 aromatic carbocycles. The Labute approximate surface area is 167 Å². The number of aromatic nitrogens is 3. The first-order chi connectivity index (χ1) is 14.0. The standard InChI is InChI=1S/C20H23FN6O2/c1-22-18-8-19(25-12-24-18)27-10-16(28)7-15(27)9-23-20(29)11-26-5-4-13-2-3-14(21)6-17(13)26/h2-6,8,12,15-16,28H,7,9-11H2,1H3,(H,23,29)(H,22,24,25)/t15-,16-/m1/s1. The van der Waals surface area contributed by atoms with Crippen molar-refractivity contribution in [1.82, 2.24) is 19.9 Å². The zero-order chi connectivity index (χ0) is 20.4. The van der Waals surface area contributed by atoms with E-state index in [1.165, 1.54) is 18.5 Å². The molecule has 0 saturated carbocycles. The SMILES string of the molecule is CNc1cc(N2C[C@H](O)C[C@@H]2CNC(=O)Cn2ccc3ccc(F)cc32)ncn1. The summed E-state index contributed by atoms with van der Waals surface area (Å²) in [6.45, 7) is 0.921. The summed E-state index contributed by atoms with van der Waals surface area (Å²) >= 11 is 0. The molecule has 1 amide bonds. The average Bonchev–Trinajstić information content (AvgIpc) is 3.29. The number of benzene rings is 1. The molecule has 4 rings (SSSR count). The number of hydrogen-bond acceptors (Lipinski definition) is 6. The third kappa shape index (κ3) is 4.14. The number of anilines is 2. The monoisotopic (exact) mass is 398 g/mol. The number of nitrogens with zero attached hydrogens (tertiary/aromatic N) is 4. The van der Waals surface area contributed by atoms with Crippen LogP contribution in [0.4, 0.5) is 16.0 Å². The van der Waals surface area contributed by atoms with E-state index in [0.717, 1.165) is 5.39 Å². The number of hydrogen-bond donors (Lipinski definition) is 3. The minimum absolute atomic E-state index is 0.0765. The number of carbonyl (C=O) groups is 1. The maximum absolute atomic E-state index is 13.5. The summed E-state index contributed by atoms with van der Waals surface area (Å²) in [5, 5.41) is 16.9. The Kier molecular flexibility index (Phi) is 5.30. The Morgan fingerprint density at radius 3 is 3.00 bits per heavy atom. The Bertz CT molecular complexity index is 1020. The molecule has 1 saturated heterocycles. The molecule has 2 aromatic heterocycles. The van der Waals surface area contributed by atoms with Crippen molar-refractivity contribution in [3.63, 3.8) is 0 Å². The maximum Gasteiger partial charge on any atom is 0.240 e. The number of nitrogens with one attached hydrogen (secondary N) is 2. The van der Waals surface area contributed by atoms with Gasteiger partial charge in [0.15, 0.2) is 0 Å². The molecule has 2 atom stereocenters. The lowest BCUT2D eigenvalue weighted by Crippen LogP contribution is -2.41. The molecule has 9 heteroatoms. The zero-order valence-electron chi connectivity index (χ0n) is 16.0. The molecular weight excluding hydrogens is 375 g/mol. The molecule has 1 aliphatic heterocycles. The Hall–Kier alpha value is -3.20. The molecule has 0 aliphatic carbocycles. The third-order valence-corrected chi connectivity index (χ3v) is 5.18. The Balaban J connectivity index is 1.41. The van der Waals surface area contributed by atoms with Gasteiger partial charge in [-0.15, -0.1) is 0 Å². The van der Waals surface area contributed by atoms with Crippen LogP contribution in [-0.2, 0) is 11.3 Å².